The molecule has 0 bridgehead atoms. The fourth-order valence-corrected chi connectivity index (χ4v) is 4.56. The lowest BCUT2D eigenvalue weighted by Crippen LogP contribution is -2.31. The zero-order chi connectivity index (χ0) is 28.4. The number of pyridine rings is 1. The zero-order valence-corrected chi connectivity index (χ0v) is 22.2. The van der Waals surface area contributed by atoms with Gasteiger partial charge in [0.15, 0.2) is 0 Å². The average molecular weight is 532 g/mol. The second kappa shape index (κ2) is 11.0. The normalized spacial score (nSPS) is 11.2. The van der Waals surface area contributed by atoms with Crippen LogP contribution in [-0.2, 0) is 6.54 Å². The summed E-state index contributed by atoms with van der Waals surface area (Å²) in [6.07, 6.45) is 0. The number of hydrogen-bond acceptors (Lipinski definition) is 6. The molecule has 2 aromatic heterocycles. The summed E-state index contributed by atoms with van der Waals surface area (Å²) in [5, 5.41) is 7.81. The van der Waals surface area contributed by atoms with Crippen molar-refractivity contribution in [2.75, 3.05) is 27.2 Å². The molecule has 0 saturated carbocycles. The Morgan fingerprint density at radius 2 is 1.69 bits per heavy atom. The second-order valence-corrected chi connectivity index (χ2v) is 9.56. The van der Waals surface area contributed by atoms with Crippen LogP contribution in [0.2, 0.25) is 0 Å². The number of aromatic nitrogens is 3. The smallest absolute Gasteiger partial charge is 0.267 e. The molecule has 0 fully saturated rings. The highest BCUT2D eigenvalue weighted by molar-refractivity contribution is 6.15. The largest absolute Gasteiger partial charge is 0.366 e. The van der Waals surface area contributed by atoms with Crippen LogP contribution in [0.5, 0.6) is 0 Å². The van der Waals surface area contributed by atoms with Crippen LogP contribution in [0.25, 0.3) is 22.0 Å². The average Bonchev–Trinajstić information content (AvgIpc) is 3.14. The van der Waals surface area contributed by atoms with Crippen LogP contribution >= 0.6 is 0 Å². The monoisotopic (exact) mass is 531 g/mol. The molecule has 4 aromatic rings. The minimum absolute atomic E-state index is 0.0178. The number of amides is 3. The SMILES string of the molecule is Cc1nn(Cc2ccc(C(=O)NCCN(C)C)cc2)c(C)c1-c1c(C(N)=O)nc2cc(F)ccc2c1C(N)=O. The van der Waals surface area contributed by atoms with E-state index < -0.39 is 17.6 Å². The van der Waals surface area contributed by atoms with Crippen molar-refractivity contribution in [1.82, 2.24) is 25.0 Å². The van der Waals surface area contributed by atoms with Crippen LogP contribution < -0.4 is 16.8 Å². The number of nitrogens with zero attached hydrogens (tertiary/aromatic N) is 4. The van der Waals surface area contributed by atoms with Crippen molar-refractivity contribution in [3.05, 3.63) is 82.1 Å². The lowest BCUT2D eigenvalue weighted by atomic mass is 9.92. The van der Waals surface area contributed by atoms with Crippen molar-refractivity contribution < 1.29 is 18.8 Å². The summed E-state index contributed by atoms with van der Waals surface area (Å²) in [4.78, 5) is 43.8. The van der Waals surface area contributed by atoms with Crippen molar-refractivity contribution >= 4 is 28.6 Å². The van der Waals surface area contributed by atoms with E-state index in [9.17, 15) is 18.8 Å². The molecule has 4 rings (SSSR count). The number of carbonyl (C=O) groups excluding carboxylic acids is 3. The summed E-state index contributed by atoms with van der Waals surface area (Å²) in [5.74, 6) is -2.42. The molecule has 202 valence electrons. The Morgan fingerprint density at radius 1 is 1.00 bits per heavy atom. The van der Waals surface area contributed by atoms with Gasteiger partial charge in [0.05, 0.1) is 23.3 Å². The highest BCUT2D eigenvalue weighted by Crippen LogP contribution is 2.36. The van der Waals surface area contributed by atoms with Crippen LogP contribution in [0.15, 0.2) is 42.5 Å². The molecule has 0 radical (unpaired) electrons. The predicted octanol–water partition coefficient (Wildman–Crippen LogP) is 2.39. The first-order chi connectivity index (χ1) is 18.5. The lowest BCUT2D eigenvalue weighted by molar-refractivity contribution is 0.0948. The molecule has 3 amide bonds. The summed E-state index contributed by atoms with van der Waals surface area (Å²) >= 11 is 0. The molecule has 0 aliphatic rings. The quantitative estimate of drug-likeness (QED) is 0.302. The Hall–Kier alpha value is -4.64. The van der Waals surface area contributed by atoms with Crippen molar-refractivity contribution in [3.63, 3.8) is 0 Å². The van der Waals surface area contributed by atoms with Gasteiger partial charge in [-0.3, -0.25) is 19.1 Å². The Bertz CT molecular complexity index is 1590. The standard InChI is InChI=1S/C28H30FN7O3/c1-15-22(24-23(26(30)37)20-10-9-19(29)13-21(20)33-25(24)27(31)38)16(2)36(34-15)14-17-5-7-18(8-6-17)28(39)32-11-12-35(3)4/h5-10,13H,11-12,14H2,1-4H3,(H2,30,37)(H2,31,38)(H,32,39). The molecule has 0 spiro atoms. The summed E-state index contributed by atoms with van der Waals surface area (Å²) < 4.78 is 15.6. The number of nitrogens with one attached hydrogen (secondary N) is 1. The number of carbonyl (C=O) groups is 3. The third kappa shape index (κ3) is 5.63. The van der Waals surface area contributed by atoms with Crippen LogP contribution in [0, 0.1) is 19.7 Å². The van der Waals surface area contributed by atoms with Gasteiger partial charge in [-0.05, 0) is 57.8 Å². The molecule has 0 aliphatic carbocycles. The van der Waals surface area contributed by atoms with Crippen LogP contribution in [0.1, 0.15) is 48.2 Å². The van der Waals surface area contributed by atoms with E-state index in [0.717, 1.165) is 18.2 Å². The van der Waals surface area contributed by atoms with Crippen molar-refractivity contribution in [3.8, 4) is 11.1 Å². The Kier molecular flexibility index (Phi) is 7.73. The molecule has 0 saturated heterocycles. The third-order valence-corrected chi connectivity index (χ3v) is 6.45. The number of likely N-dealkylation sites (N-methyl/N-ethyl adjacent to an activating group) is 1. The summed E-state index contributed by atoms with van der Waals surface area (Å²) in [6.45, 7) is 5.18. The minimum atomic E-state index is -0.885. The third-order valence-electron chi connectivity index (χ3n) is 6.45. The van der Waals surface area contributed by atoms with Gasteiger partial charge in [0.2, 0.25) is 5.91 Å². The minimum Gasteiger partial charge on any atom is -0.366 e. The van der Waals surface area contributed by atoms with Gasteiger partial charge in [0.1, 0.15) is 11.5 Å². The summed E-state index contributed by atoms with van der Waals surface area (Å²) in [5.41, 5.74) is 14.6. The number of fused-ring (bicyclic) bond motifs is 1. The van der Waals surface area contributed by atoms with Crippen LogP contribution in [0.3, 0.4) is 0 Å². The van der Waals surface area contributed by atoms with E-state index in [0.29, 0.717) is 41.0 Å². The van der Waals surface area contributed by atoms with Crippen LogP contribution in [-0.4, -0.2) is 64.6 Å². The van der Waals surface area contributed by atoms with Crippen LogP contribution in [0.4, 0.5) is 4.39 Å². The van der Waals surface area contributed by atoms with Crippen molar-refractivity contribution in [1.29, 1.82) is 0 Å². The second-order valence-electron chi connectivity index (χ2n) is 9.56. The molecule has 0 atom stereocenters. The highest BCUT2D eigenvalue weighted by atomic mass is 19.1. The topological polar surface area (TPSA) is 149 Å². The molecule has 11 heteroatoms. The van der Waals surface area contributed by atoms with E-state index >= 15 is 0 Å². The van der Waals surface area contributed by atoms with Gasteiger partial charge in [-0.25, -0.2) is 9.37 Å². The predicted molar refractivity (Wildman–Crippen MR) is 146 cm³/mol. The first-order valence-electron chi connectivity index (χ1n) is 12.3. The van der Waals surface area contributed by atoms with E-state index in [1.165, 1.54) is 12.1 Å². The van der Waals surface area contributed by atoms with Gasteiger partial charge in [-0.1, -0.05) is 12.1 Å². The maximum atomic E-state index is 13.9. The molecule has 5 N–H and O–H groups in total. The molecule has 0 aliphatic heterocycles. The molecular formula is C28H30FN7O3. The molecular weight excluding hydrogens is 501 g/mol. The number of halogens is 1. The number of hydrogen-bond donors (Lipinski definition) is 3. The van der Waals surface area contributed by atoms with Gasteiger partial charge >= 0.3 is 0 Å². The van der Waals surface area contributed by atoms with Gasteiger partial charge in [0.25, 0.3) is 11.8 Å². The summed E-state index contributed by atoms with van der Waals surface area (Å²) in [6, 6.07) is 10.9. The zero-order valence-electron chi connectivity index (χ0n) is 22.2. The molecule has 2 heterocycles. The van der Waals surface area contributed by atoms with E-state index in [1.54, 1.807) is 30.7 Å². The number of aryl methyl sites for hydroxylation is 1. The Morgan fingerprint density at radius 3 is 2.31 bits per heavy atom. The van der Waals surface area contributed by atoms with Crippen molar-refractivity contribution in [2.24, 2.45) is 11.5 Å². The van der Waals surface area contributed by atoms with E-state index in [4.69, 9.17) is 11.5 Å². The van der Waals surface area contributed by atoms with Crippen molar-refractivity contribution in [2.45, 2.75) is 20.4 Å². The van der Waals surface area contributed by atoms with Gasteiger partial charge in [-0.2, -0.15) is 5.10 Å². The number of primary amides is 2. The maximum absolute atomic E-state index is 13.9. The van der Waals surface area contributed by atoms with E-state index in [2.05, 4.69) is 15.4 Å². The first kappa shape index (κ1) is 27.4. The van der Waals surface area contributed by atoms with Gasteiger partial charge in [0, 0.05) is 46.9 Å². The highest BCUT2D eigenvalue weighted by Gasteiger charge is 2.27. The number of nitrogens with two attached hydrogens (primary N) is 2. The molecule has 10 nitrogen and oxygen atoms in total. The van der Waals surface area contributed by atoms with Gasteiger partial charge in [-0.15, -0.1) is 0 Å². The number of benzene rings is 2. The molecule has 2 aromatic carbocycles. The molecule has 39 heavy (non-hydrogen) atoms. The van der Waals surface area contributed by atoms with E-state index in [-0.39, 0.29) is 28.2 Å². The first-order valence-corrected chi connectivity index (χ1v) is 12.3. The maximum Gasteiger partial charge on any atom is 0.267 e. The fourth-order valence-electron chi connectivity index (χ4n) is 4.56. The lowest BCUT2D eigenvalue weighted by Gasteiger charge is -2.15. The van der Waals surface area contributed by atoms with Gasteiger partial charge < -0.3 is 21.7 Å². The fraction of sp³-hybridized carbons (Fsp3) is 0.250. The Balaban J connectivity index is 1.72. The van der Waals surface area contributed by atoms with E-state index in [1.807, 2.05) is 31.1 Å². The summed E-state index contributed by atoms with van der Waals surface area (Å²) in [7, 11) is 3.87. The Labute approximate surface area is 224 Å². The number of rotatable bonds is 9. The molecule has 0 unspecified atom stereocenters.